The summed E-state index contributed by atoms with van der Waals surface area (Å²) < 4.78 is 7.74. The van der Waals surface area contributed by atoms with Crippen LogP contribution in [0, 0.1) is 13.8 Å². The van der Waals surface area contributed by atoms with Gasteiger partial charge in [0.1, 0.15) is 18.1 Å². The average Bonchev–Trinajstić information content (AvgIpc) is 3.38. The number of rotatable bonds is 3. The monoisotopic (exact) mass is 507 g/mol. The summed E-state index contributed by atoms with van der Waals surface area (Å²) in [6, 6.07) is 18.1. The second kappa shape index (κ2) is 8.80. The number of anilines is 2. The van der Waals surface area contributed by atoms with Crippen LogP contribution in [0.3, 0.4) is 0 Å². The van der Waals surface area contributed by atoms with Gasteiger partial charge in [0.2, 0.25) is 0 Å². The fraction of sp³-hybridized carbons (Fsp3) is 0.226. The number of aromatic nitrogens is 1. The number of hydrogen-bond donors (Lipinski definition) is 1. The normalized spacial score (nSPS) is 18.7. The Balaban J connectivity index is 1.60. The zero-order valence-corrected chi connectivity index (χ0v) is 21.9. The number of para-hydroxylation sites is 1. The Bertz CT molecular complexity index is 1670. The van der Waals surface area contributed by atoms with Crippen molar-refractivity contribution in [3.05, 3.63) is 94.7 Å². The van der Waals surface area contributed by atoms with Gasteiger partial charge in [-0.2, -0.15) is 0 Å². The molecule has 0 bridgehead atoms. The van der Waals surface area contributed by atoms with Crippen LogP contribution in [-0.2, 0) is 16.6 Å². The Morgan fingerprint density at radius 2 is 1.76 bits per heavy atom. The average molecular weight is 508 g/mol. The van der Waals surface area contributed by atoms with Crippen molar-refractivity contribution in [3.63, 3.8) is 0 Å². The molecule has 7 heteroatoms. The van der Waals surface area contributed by atoms with E-state index in [0.29, 0.717) is 24.4 Å². The standard InChI is InChI=1S/C31H29N3O4/c1-18-9-11-21(15-19(18)2)34-28(23-17-33(4)24-8-6-5-7-22(23)24)27(30(36)31(34)37)29(35)20-10-12-26-25(16-20)32(3)13-14-38-26/h5-12,15-17,28,35H,13-14H2,1-4H3/b29-27+. The number of ether oxygens (including phenoxy) is 1. The second-order valence-corrected chi connectivity index (χ2v) is 10.1. The number of aryl methyl sites for hydroxylation is 3. The smallest absolute Gasteiger partial charge is 0.300 e. The summed E-state index contributed by atoms with van der Waals surface area (Å²) in [7, 11) is 3.90. The largest absolute Gasteiger partial charge is 0.507 e. The fourth-order valence-electron chi connectivity index (χ4n) is 5.51. The molecule has 3 heterocycles. The maximum Gasteiger partial charge on any atom is 0.300 e. The molecule has 1 fully saturated rings. The number of amides is 1. The number of aliphatic hydroxyl groups excluding tert-OH is 1. The molecule has 1 saturated heterocycles. The zero-order valence-electron chi connectivity index (χ0n) is 21.9. The van der Waals surface area contributed by atoms with E-state index >= 15 is 0 Å². The lowest BCUT2D eigenvalue weighted by Gasteiger charge is -2.28. The number of aliphatic hydroxyl groups is 1. The quantitative estimate of drug-likeness (QED) is 0.233. The van der Waals surface area contributed by atoms with Gasteiger partial charge in [-0.15, -0.1) is 0 Å². The molecule has 4 aromatic rings. The van der Waals surface area contributed by atoms with Gasteiger partial charge in [-0.3, -0.25) is 14.5 Å². The summed E-state index contributed by atoms with van der Waals surface area (Å²) in [5.74, 6) is -0.849. The Kier molecular flexibility index (Phi) is 5.52. The number of likely N-dealkylation sites (N-methyl/N-ethyl adjacent to an activating group) is 1. The lowest BCUT2D eigenvalue weighted by atomic mass is 9.94. The van der Waals surface area contributed by atoms with Gasteiger partial charge in [0.15, 0.2) is 0 Å². The molecular weight excluding hydrogens is 478 g/mol. The molecular formula is C31H29N3O4. The molecule has 1 N–H and O–H groups in total. The highest BCUT2D eigenvalue weighted by Gasteiger charge is 2.48. The highest BCUT2D eigenvalue weighted by Crippen LogP contribution is 2.45. The molecule has 1 atom stereocenters. The molecule has 0 saturated carbocycles. The molecule has 1 aromatic heterocycles. The maximum atomic E-state index is 13.7. The van der Waals surface area contributed by atoms with Crippen LogP contribution in [0.4, 0.5) is 11.4 Å². The number of carbonyl (C=O) groups is 2. The number of nitrogens with zero attached hydrogens (tertiary/aromatic N) is 3. The summed E-state index contributed by atoms with van der Waals surface area (Å²) >= 11 is 0. The molecule has 38 heavy (non-hydrogen) atoms. The van der Waals surface area contributed by atoms with Crippen LogP contribution in [0.1, 0.15) is 28.3 Å². The van der Waals surface area contributed by atoms with Crippen LogP contribution in [-0.4, -0.2) is 41.6 Å². The van der Waals surface area contributed by atoms with E-state index < -0.39 is 17.7 Å². The van der Waals surface area contributed by atoms with E-state index in [1.54, 1.807) is 12.1 Å². The summed E-state index contributed by atoms with van der Waals surface area (Å²) in [4.78, 5) is 30.9. The fourth-order valence-corrected chi connectivity index (χ4v) is 5.51. The zero-order chi connectivity index (χ0) is 26.7. The molecule has 0 spiro atoms. The van der Waals surface area contributed by atoms with Crippen LogP contribution in [0.15, 0.2) is 72.4 Å². The van der Waals surface area contributed by atoms with Crippen molar-refractivity contribution in [1.29, 1.82) is 0 Å². The van der Waals surface area contributed by atoms with Crippen molar-refractivity contribution >= 4 is 39.7 Å². The predicted molar refractivity (Wildman–Crippen MR) is 149 cm³/mol. The number of hydrogen-bond acceptors (Lipinski definition) is 5. The molecule has 3 aromatic carbocycles. The molecule has 2 aliphatic rings. The molecule has 6 rings (SSSR count). The van der Waals surface area contributed by atoms with Gasteiger partial charge in [0.25, 0.3) is 11.7 Å². The Morgan fingerprint density at radius 1 is 0.974 bits per heavy atom. The van der Waals surface area contributed by atoms with E-state index in [-0.39, 0.29) is 11.3 Å². The van der Waals surface area contributed by atoms with E-state index in [9.17, 15) is 14.7 Å². The molecule has 0 aliphatic carbocycles. The Hall–Kier alpha value is -4.52. The van der Waals surface area contributed by atoms with E-state index in [4.69, 9.17) is 4.74 Å². The van der Waals surface area contributed by atoms with Crippen molar-refractivity contribution < 1.29 is 19.4 Å². The van der Waals surface area contributed by atoms with Gasteiger partial charge in [-0.25, -0.2) is 0 Å². The topological polar surface area (TPSA) is 75.0 Å². The van der Waals surface area contributed by atoms with Crippen LogP contribution in [0.2, 0.25) is 0 Å². The Morgan fingerprint density at radius 3 is 2.55 bits per heavy atom. The number of Topliss-reactive ketones (excluding diaryl/α,β-unsaturated/α-hetero) is 1. The van der Waals surface area contributed by atoms with Crippen LogP contribution in [0.25, 0.3) is 16.7 Å². The van der Waals surface area contributed by atoms with Gasteiger partial charge >= 0.3 is 0 Å². The minimum Gasteiger partial charge on any atom is -0.507 e. The Labute approximate surface area is 221 Å². The number of benzene rings is 3. The third-order valence-electron chi connectivity index (χ3n) is 7.76. The first-order valence-electron chi connectivity index (χ1n) is 12.7. The van der Waals surface area contributed by atoms with E-state index in [2.05, 4.69) is 0 Å². The van der Waals surface area contributed by atoms with Gasteiger partial charge in [-0.1, -0.05) is 24.3 Å². The third kappa shape index (κ3) is 3.57. The molecule has 1 unspecified atom stereocenters. The molecule has 0 radical (unpaired) electrons. The summed E-state index contributed by atoms with van der Waals surface area (Å²) in [5, 5.41) is 12.6. The first-order valence-corrected chi connectivity index (χ1v) is 12.7. The highest BCUT2D eigenvalue weighted by atomic mass is 16.5. The van der Waals surface area contributed by atoms with Crippen molar-refractivity contribution in [2.24, 2.45) is 7.05 Å². The second-order valence-electron chi connectivity index (χ2n) is 10.1. The first kappa shape index (κ1) is 23.9. The first-order chi connectivity index (χ1) is 18.3. The van der Waals surface area contributed by atoms with Crippen molar-refractivity contribution in [1.82, 2.24) is 4.57 Å². The van der Waals surface area contributed by atoms with Gasteiger partial charge < -0.3 is 19.3 Å². The summed E-state index contributed by atoms with van der Waals surface area (Å²) in [6.07, 6.45) is 1.94. The van der Waals surface area contributed by atoms with Crippen molar-refractivity contribution in [2.75, 3.05) is 30.0 Å². The summed E-state index contributed by atoms with van der Waals surface area (Å²) in [6.45, 7) is 5.28. The maximum absolute atomic E-state index is 13.7. The van der Waals surface area contributed by atoms with Crippen molar-refractivity contribution in [2.45, 2.75) is 19.9 Å². The van der Waals surface area contributed by atoms with Crippen LogP contribution in [0.5, 0.6) is 5.75 Å². The van der Waals surface area contributed by atoms with E-state index in [0.717, 1.165) is 39.0 Å². The SMILES string of the molecule is Cc1ccc(N2C(=O)C(=O)/C(=C(/O)c3ccc4c(c3)N(C)CCO4)C2c2cn(C)c3ccccc23)cc1C. The van der Waals surface area contributed by atoms with Gasteiger partial charge in [-0.05, 0) is 61.4 Å². The molecule has 7 nitrogen and oxygen atoms in total. The molecule has 2 aliphatic heterocycles. The highest BCUT2D eigenvalue weighted by molar-refractivity contribution is 6.52. The van der Waals surface area contributed by atoms with Crippen LogP contribution < -0.4 is 14.5 Å². The van der Waals surface area contributed by atoms with Crippen LogP contribution >= 0.6 is 0 Å². The van der Waals surface area contributed by atoms with E-state index in [1.807, 2.05) is 92.1 Å². The van der Waals surface area contributed by atoms with Gasteiger partial charge in [0.05, 0.1) is 23.8 Å². The summed E-state index contributed by atoms with van der Waals surface area (Å²) in [5.41, 5.74) is 5.83. The number of ketones is 1. The number of carbonyl (C=O) groups excluding carboxylic acids is 2. The lowest BCUT2D eigenvalue weighted by molar-refractivity contribution is -0.132. The molecule has 192 valence electrons. The lowest BCUT2D eigenvalue weighted by Crippen LogP contribution is -2.29. The van der Waals surface area contributed by atoms with Gasteiger partial charge in [0, 0.05) is 48.0 Å². The number of fused-ring (bicyclic) bond motifs is 2. The third-order valence-corrected chi connectivity index (χ3v) is 7.76. The minimum absolute atomic E-state index is 0.0731. The predicted octanol–water partition coefficient (Wildman–Crippen LogP) is 5.25. The molecule has 1 amide bonds. The van der Waals surface area contributed by atoms with E-state index in [1.165, 1.54) is 4.90 Å². The van der Waals surface area contributed by atoms with Crippen molar-refractivity contribution in [3.8, 4) is 5.75 Å². The minimum atomic E-state index is -0.798.